The van der Waals surface area contributed by atoms with Gasteiger partial charge in [0.1, 0.15) is 12.7 Å². The Bertz CT molecular complexity index is 907. The first-order chi connectivity index (χ1) is 18.6. The molecule has 0 spiro atoms. The van der Waals surface area contributed by atoms with E-state index < -0.39 is 35.7 Å². The zero-order valence-corrected chi connectivity index (χ0v) is 24.1. The third-order valence-corrected chi connectivity index (χ3v) is 7.29. The Balaban J connectivity index is 1.43. The summed E-state index contributed by atoms with van der Waals surface area (Å²) in [6.07, 6.45) is 11.7. The molecule has 0 aliphatic carbocycles. The normalized spacial score (nSPS) is 25.4. The van der Waals surface area contributed by atoms with Gasteiger partial charge in [-0.1, -0.05) is 76.8 Å². The molecule has 2 heterocycles. The summed E-state index contributed by atoms with van der Waals surface area (Å²) in [6.45, 7) is 8.65. The number of carboxylic acids is 1. The van der Waals surface area contributed by atoms with Crippen molar-refractivity contribution in [1.82, 2.24) is 5.32 Å². The highest BCUT2D eigenvalue weighted by Gasteiger charge is 2.64. The average Bonchev–Trinajstić information content (AvgIpc) is 3.26. The van der Waals surface area contributed by atoms with Crippen LogP contribution in [0.25, 0.3) is 0 Å². The van der Waals surface area contributed by atoms with Crippen molar-refractivity contribution in [2.75, 3.05) is 18.5 Å². The predicted octanol–water partition coefficient (Wildman–Crippen LogP) is 6.01. The molecule has 2 aliphatic heterocycles. The second-order valence-electron chi connectivity index (χ2n) is 11.3. The zero-order valence-electron chi connectivity index (χ0n) is 24.1. The van der Waals surface area contributed by atoms with E-state index >= 15 is 0 Å². The van der Waals surface area contributed by atoms with Gasteiger partial charge in [-0.2, -0.15) is 0 Å². The van der Waals surface area contributed by atoms with Gasteiger partial charge in [0, 0.05) is 12.3 Å². The molecule has 1 aromatic carbocycles. The third kappa shape index (κ3) is 9.74. The first-order valence-electron chi connectivity index (χ1n) is 14.7. The Labute approximate surface area is 233 Å². The first-order valence-corrected chi connectivity index (χ1v) is 14.7. The summed E-state index contributed by atoms with van der Waals surface area (Å²) in [4.78, 5) is 23.7. The number of carboxylic acid groups (broad SMARTS) is 1. The minimum absolute atomic E-state index is 0.0679. The minimum Gasteiger partial charge on any atom is -0.481 e. The van der Waals surface area contributed by atoms with Gasteiger partial charge in [0.2, 0.25) is 5.79 Å². The quantitative estimate of drug-likeness (QED) is 0.204. The Kier molecular flexibility index (Phi) is 12.0. The first kappa shape index (κ1) is 31.3. The molecular formula is C30H48N2O7. The number of carbonyl (C=O) groups excluding carboxylic acids is 1. The highest BCUT2D eigenvalue weighted by Crippen LogP contribution is 2.45. The fourth-order valence-corrected chi connectivity index (χ4v) is 5.41. The van der Waals surface area contributed by atoms with Crippen LogP contribution < -0.4 is 10.6 Å². The predicted molar refractivity (Wildman–Crippen MR) is 150 cm³/mol. The summed E-state index contributed by atoms with van der Waals surface area (Å²) in [5.41, 5.74) is 1.22. The molecule has 0 aromatic heterocycles. The van der Waals surface area contributed by atoms with Crippen molar-refractivity contribution in [2.45, 2.75) is 128 Å². The summed E-state index contributed by atoms with van der Waals surface area (Å²) in [6, 6.07) is 5.86. The van der Waals surface area contributed by atoms with Crippen LogP contribution in [0.4, 0.5) is 10.5 Å². The molecule has 220 valence electrons. The topological polar surface area (TPSA) is 115 Å². The van der Waals surface area contributed by atoms with Crippen LogP contribution in [0.2, 0.25) is 0 Å². The van der Waals surface area contributed by atoms with Crippen LogP contribution >= 0.6 is 0 Å². The second-order valence-corrected chi connectivity index (χ2v) is 11.3. The maximum atomic E-state index is 12.8. The highest BCUT2D eigenvalue weighted by atomic mass is 16.9. The maximum Gasteiger partial charge on any atom is 0.319 e. The standard InChI is InChI=1S/C30H48N2O7/c1-5-6-7-8-9-10-11-12-13-14-19-36-21-30-27(38-29(3,4)39-30)26(22(2)37-30)32-28(35)31-24-17-15-23(16-18-24)20-25(33)34/h15-18,22,26-27H,5-14,19-21H2,1-4H3,(H,33,34)(H2,31,32,35)/t22-,26?,27+,30-/m0/s1. The molecule has 4 atom stereocenters. The van der Waals surface area contributed by atoms with Crippen LogP contribution in [0.3, 0.4) is 0 Å². The molecule has 1 unspecified atom stereocenters. The Hall–Kier alpha value is -2.20. The van der Waals surface area contributed by atoms with Crippen LogP contribution in [0.1, 0.15) is 97.5 Å². The van der Waals surface area contributed by atoms with Crippen LogP contribution in [0.5, 0.6) is 0 Å². The summed E-state index contributed by atoms with van der Waals surface area (Å²) in [7, 11) is 0. The summed E-state index contributed by atoms with van der Waals surface area (Å²) in [5, 5.41) is 14.7. The van der Waals surface area contributed by atoms with Gasteiger partial charge in [-0.15, -0.1) is 0 Å². The van der Waals surface area contributed by atoms with Gasteiger partial charge in [0.05, 0.1) is 18.6 Å². The van der Waals surface area contributed by atoms with Crippen molar-refractivity contribution in [3.8, 4) is 0 Å². The van der Waals surface area contributed by atoms with E-state index in [1.165, 1.54) is 51.4 Å². The van der Waals surface area contributed by atoms with Gasteiger partial charge in [-0.25, -0.2) is 4.79 Å². The molecule has 9 heteroatoms. The SMILES string of the molecule is CCCCCCCCCCCCOC[C@@]12O[C@@H](C)C(NC(=O)Nc3ccc(CC(=O)O)cc3)[C@H]1OC(C)(C)O2. The largest absolute Gasteiger partial charge is 0.481 e. The number of aliphatic carboxylic acids is 1. The molecule has 0 saturated carbocycles. The van der Waals surface area contributed by atoms with E-state index in [2.05, 4.69) is 17.6 Å². The maximum absolute atomic E-state index is 12.8. The van der Waals surface area contributed by atoms with Gasteiger partial charge in [0.15, 0.2) is 5.79 Å². The number of hydrogen-bond acceptors (Lipinski definition) is 6. The van der Waals surface area contributed by atoms with Crippen molar-refractivity contribution in [2.24, 2.45) is 0 Å². The van der Waals surface area contributed by atoms with E-state index in [1.54, 1.807) is 24.3 Å². The lowest BCUT2D eigenvalue weighted by Gasteiger charge is -2.28. The number of amides is 2. The number of benzene rings is 1. The van der Waals surface area contributed by atoms with E-state index in [-0.39, 0.29) is 19.1 Å². The molecular weight excluding hydrogens is 500 g/mol. The van der Waals surface area contributed by atoms with Gasteiger partial charge < -0.3 is 34.7 Å². The summed E-state index contributed by atoms with van der Waals surface area (Å²) >= 11 is 0. The number of nitrogens with one attached hydrogen (secondary N) is 2. The van der Waals surface area contributed by atoms with Crippen LogP contribution in [-0.2, 0) is 30.2 Å². The molecule has 1 aromatic rings. The minimum atomic E-state index is -1.09. The zero-order chi connectivity index (χ0) is 28.3. The molecule has 3 N–H and O–H groups in total. The van der Waals surface area contributed by atoms with Crippen LogP contribution in [0, 0.1) is 0 Å². The fraction of sp³-hybridized carbons (Fsp3) is 0.733. The number of anilines is 1. The average molecular weight is 549 g/mol. The fourth-order valence-electron chi connectivity index (χ4n) is 5.41. The van der Waals surface area contributed by atoms with E-state index in [1.807, 2.05) is 20.8 Å². The third-order valence-electron chi connectivity index (χ3n) is 7.29. The monoisotopic (exact) mass is 548 g/mol. The van der Waals surface area contributed by atoms with Crippen LogP contribution in [0.15, 0.2) is 24.3 Å². The summed E-state index contributed by atoms with van der Waals surface area (Å²) < 4.78 is 24.7. The lowest BCUT2D eigenvalue weighted by Crippen LogP contribution is -2.51. The van der Waals surface area contributed by atoms with Crippen molar-refractivity contribution >= 4 is 17.7 Å². The molecule has 2 aliphatic rings. The van der Waals surface area contributed by atoms with E-state index in [4.69, 9.17) is 24.1 Å². The van der Waals surface area contributed by atoms with Crippen LogP contribution in [-0.4, -0.2) is 60.1 Å². The van der Waals surface area contributed by atoms with Crippen molar-refractivity contribution in [3.05, 3.63) is 29.8 Å². The van der Waals surface area contributed by atoms with Crippen molar-refractivity contribution < 1.29 is 33.6 Å². The lowest BCUT2D eigenvalue weighted by atomic mass is 10.0. The molecule has 0 radical (unpaired) electrons. The highest BCUT2D eigenvalue weighted by molar-refractivity contribution is 5.89. The Morgan fingerprint density at radius 3 is 2.18 bits per heavy atom. The number of urea groups is 1. The van der Waals surface area contributed by atoms with Crippen molar-refractivity contribution in [1.29, 1.82) is 0 Å². The molecule has 3 rings (SSSR count). The number of fused-ring (bicyclic) bond motifs is 1. The van der Waals surface area contributed by atoms with Gasteiger partial charge in [-0.05, 0) is 44.9 Å². The van der Waals surface area contributed by atoms with E-state index in [0.29, 0.717) is 17.9 Å². The number of carbonyl (C=O) groups is 2. The number of rotatable bonds is 17. The Morgan fingerprint density at radius 1 is 0.949 bits per heavy atom. The Morgan fingerprint density at radius 2 is 1.56 bits per heavy atom. The van der Waals surface area contributed by atoms with Gasteiger partial charge in [0.25, 0.3) is 0 Å². The number of hydrogen-bond donors (Lipinski definition) is 3. The van der Waals surface area contributed by atoms with Gasteiger partial charge in [-0.3, -0.25) is 4.79 Å². The lowest BCUT2D eigenvalue weighted by molar-refractivity contribution is -0.274. The van der Waals surface area contributed by atoms with Crippen molar-refractivity contribution in [3.63, 3.8) is 0 Å². The molecule has 2 saturated heterocycles. The number of ether oxygens (including phenoxy) is 4. The molecule has 2 fully saturated rings. The van der Waals surface area contributed by atoms with E-state index in [9.17, 15) is 9.59 Å². The molecule has 2 amide bonds. The van der Waals surface area contributed by atoms with Gasteiger partial charge >= 0.3 is 12.0 Å². The smallest absolute Gasteiger partial charge is 0.319 e. The molecule has 0 bridgehead atoms. The second kappa shape index (κ2) is 15.0. The molecule has 39 heavy (non-hydrogen) atoms. The number of unbranched alkanes of at least 4 members (excludes halogenated alkanes) is 9. The summed E-state index contributed by atoms with van der Waals surface area (Å²) in [5.74, 6) is -2.86. The molecule has 9 nitrogen and oxygen atoms in total. The van der Waals surface area contributed by atoms with E-state index in [0.717, 1.165) is 12.8 Å².